The number of anilines is 1. The first kappa shape index (κ1) is 18.8. The Balaban J connectivity index is 1.39. The van der Waals surface area contributed by atoms with Crippen LogP contribution in [0.3, 0.4) is 0 Å². The monoisotopic (exact) mass is 391 g/mol. The Morgan fingerprint density at radius 1 is 1.22 bits per heavy atom. The summed E-state index contributed by atoms with van der Waals surface area (Å²) in [6, 6.07) is 3.72. The molecule has 1 aromatic rings. The van der Waals surface area contributed by atoms with E-state index < -0.39 is 16.9 Å². The van der Waals surface area contributed by atoms with Crippen molar-refractivity contribution in [2.24, 2.45) is 17.3 Å². The molecule has 0 aromatic heterocycles. The molecule has 6 heteroatoms. The molecule has 146 valence electrons. The second kappa shape index (κ2) is 6.49. The molecule has 2 atom stereocenters. The molecule has 27 heavy (non-hydrogen) atoms. The molecular formula is C21H26ClNO4. The predicted molar refractivity (Wildman–Crippen MR) is 103 cm³/mol. The Morgan fingerprint density at radius 3 is 2.48 bits per heavy atom. The standard InChI is InChI=1S/C21H26ClNO4/c1-12-3-13(2)18(16(22)4-12)23-17(24)10-27-19(25)20-6-14-5-15(7-20)9-21(26,8-14)11-20/h3-4,14-15,26H,5-11H2,1-2H3,(H,23,24)/t14-,15-,20?,21?/m1/s1. The highest BCUT2D eigenvalue weighted by Crippen LogP contribution is 2.61. The summed E-state index contributed by atoms with van der Waals surface area (Å²) in [7, 11) is 0. The summed E-state index contributed by atoms with van der Waals surface area (Å²) < 4.78 is 5.40. The fourth-order valence-electron chi connectivity index (χ4n) is 5.99. The van der Waals surface area contributed by atoms with Crippen LogP contribution in [-0.4, -0.2) is 29.2 Å². The third-order valence-corrected chi connectivity index (χ3v) is 6.79. The van der Waals surface area contributed by atoms with Gasteiger partial charge in [-0.2, -0.15) is 0 Å². The average Bonchev–Trinajstić information content (AvgIpc) is 2.53. The van der Waals surface area contributed by atoms with E-state index in [1.165, 1.54) is 0 Å². The summed E-state index contributed by atoms with van der Waals surface area (Å²) in [6.07, 6.45) is 4.71. The van der Waals surface area contributed by atoms with E-state index in [4.69, 9.17) is 16.3 Å². The number of aryl methyl sites for hydroxylation is 2. The SMILES string of the molecule is Cc1cc(C)c(NC(=O)COC(=O)C23C[C@H]4C[C@@H](CC(O)(C4)C2)C3)c(Cl)c1. The van der Waals surface area contributed by atoms with Gasteiger partial charge >= 0.3 is 5.97 Å². The van der Waals surface area contributed by atoms with Crippen molar-refractivity contribution in [3.8, 4) is 0 Å². The first-order valence-corrected chi connectivity index (χ1v) is 10.0. The number of ether oxygens (including phenoxy) is 1. The van der Waals surface area contributed by atoms with Gasteiger partial charge in [-0.15, -0.1) is 0 Å². The van der Waals surface area contributed by atoms with Gasteiger partial charge in [-0.3, -0.25) is 9.59 Å². The van der Waals surface area contributed by atoms with Crippen LogP contribution >= 0.6 is 11.6 Å². The van der Waals surface area contributed by atoms with E-state index in [1.54, 1.807) is 6.07 Å². The van der Waals surface area contributed by atoms with E-state index in [2.05, 4.69) is 5.32 Å². The van der Waals surface area contributed by atoms with Gasteiger partial charge in [0.25, 0.3) is 5.91 Å². The maximum atomic E-state index is 12.8. The van der Waals surface area contributed by atoms with Gasteiger partial charge < -0.3 is 15.2 Å². The van der Waals surface area contributed by atoms with E-state index in [0.29, 0.717) is 29.0 Å². The van der Waals surface area contributed by atoms with Crippen LogP contribution < -0.4 is 5.32 Å². The molecule has 5 nitrogen and oxygen atoms in total. The predicted octanol–water partition coefficient (Wildman–Crippen LogP) is 3.77. The summed E-state index contributed by atoms with van der Waals surface area (Å²) in [6.45, 7) is 3.47. The van der Waals surface area contributed by atoms with Crippen LogP contribution in [0.1, 0.15) is 49.7 Å². The second-order valence-corrected chi connectivity index (χ2v) is 9.44. The van der Waals surface area contributed by atoms with Crippen molar-refractivity contribution in [1.29, 1.82) is 0 Å². The van der Waals surface area contributed by atoms with Crippen molar-refractivity contribution in [2.75, 3.05) is 11.9 Å². The van der Waals surface area contributed by atoms with Gasteiger partial charge in [0.1, 0.15) is 0 Å². The summed E-state index contributed by atoms with van der Waals surface area (Å²) in [4.78, 5) is 25.1. The molecule has 1 aromatic carbocycles. The summed E-state index contributed by atoms with van der Waals surface area (Å²) >= 11 is 6.22. The topological polar surface area (TPSA) is 75.6 Å². The quantitative estimate of drug-likeness (QED) is 0.766. The van der Waals surface area contributed by atoms with Gasteiger partial charge in [-0.25, -0.2) is 0 Å². The Kier molecular flexibility index (Phi) is 4.51. The lowest BCUT2D eigenvalue weighted by Crippen LogP contribution is -2.58. The van der Waals surface area contributed by atoms with Gasteiger partial charge in [0.2, 0.25) is 0 Å². The molecule has 0 aliphatic heterocycles. The van der Waals surface area contributed by atoms with Crippen molar-refractivity contribution in [1.82, 2.24) is 0 Å². The zero-order valence-corrected chi connectivity index (χ0v) is 16.6. The number of nitrogens with one attached hydrogen (secondary N) is 1. The Bertz CT molecular complexity index is 768. The molecule has 4 fully saturated rings. The van der Waals surface area contributed by atoms with Crippen molar-refractivity contribution >= 4 is 29.2 Å². The number of hydrogen-bond acceptors (Lipinski definition) is 4. The smallest absolute Gasteiger partial charge is 0.312 e. The van der Waals surface area contributed by atoms with Crippen LogP contribution in [-0.2, 0) is 14.3 Å². The lowest BCUT2D eigenvalue weighted by Gasteiger charge is -2.58. The Labute approximate surface area is 164 Å². The van der Waals surface area contributed by atoms with E-state index in [1.807, 2.05) is 19.9 Å². The first-order chi connectivity index (χ1) is 12.7. The lowest BCUT2D eigenvalue weighted by atomic mass is 9.48. The zero-order valence-electron chi connectivity index (χ0n) is 15.8. The van der Waals surface area contributed by atoms with Crippen molar-refractivity contribution in [3.63, 3.8) is 0 Å². The van der Waals surface area contributed by atoms with Crippen LogP contribution in [0.4, 0.5) is 5.69 Å². The molecule has 0 saturated heterocycles. The van der Waals surface area contributed by atoms with E-state index in [9.17, 15) is 14.7 Å². The van der Waals surface area contributed by atoms with Gasteiger partial charge in [0.15, 0.2) is 6.61 Å². The minimum atomic E-state index is -0.724. The number of rotatable bonds is 4. The number of benzene rings is 1. The number of amides is 1. The largest absolute Gasteiger partial charge is 0.455 e. The maximum absolute atomic E-state index is 12.8. The highest BCUT2D eigenvalue weighted by molar-refractivity contribution is 6.34. The molecule has 0 unspecified atom stereocenters. The van der Waals surface area contributed by atoms with E-state index in [-0.39, 0.29) is 12.6 Å². The molecular weight excluding hydrogens is 366 g/mol. The number of carbonyl (C=O) groups excluding carboxylic acids is 2. The normalized spacial score (nSPS) is 33.8. The molecule has 5 rings (SSSR count). The highest BCUT2D eigenvalue weighted by atomic mass is 35.5. The van der Waals surface area contributed by atoms with Gasteiger partial charge in [0, 0.05) is 0 Å². The summed E-state index contributed by atoms with van der Waals surface area (Å²) in [5, 5.41) is 14.0. The third-order valence-electron chi connectivity index (χ3n) is 6.49. The molecule has 2 N–H and O–H groups in total. The molecule has 1 amide bonds. The van der Waals surface area contributed by atoms with E-state index in [0.717, 1.165) is 43.2 Å². The van der Waals surface area contributed by atoms with Crippen LogP contribution in [0, 0.1) is 31.1 Å². The van der Waals surface area contributed by atoms with Gasteiger partial charge in [-0.1, -0.05) is 17.7 Å². The first-order valence-electron chi connectivity index (χ1n) is 9.64. The average molecular weight is 392 g/mol. The second-order valence-electron chi connectivity index (χ2n) is 9.03. The molecule has 4 aliphatic rings. The van der Waals surface area contributed by atoms with Gasteiger partial charge in [0.05, 0.1) is 21.7 Å². The number of carbonyl (C=O) groups is 2. The molecule has 0 heterocycles. The van der Waals surface area contributed by atoms with Crippen molar-refractivity contribution in [3.05, 3.63) is 28.3 Å². The van der Waals surface area contributed by atoms with Crippen LogP contribution in [0.15, 0.2) is 12.1 Å². The van der Waals surface area contributed by atoms with Crippen LogP contribution in [0.25, 0.3) is 0 Å². The van der Waals surface area contributed by atoms with Crippen LogP contribution in [0.5, 0.6) is 0 Å². The number of esters is 1. The molecule has 4 bridgehead atoms. The maximum Gasteiger partial charge on any atom is 0.312 e. The Hall–Kier alpha value is -1.59. The van der Waals surface area contributed by atoms with Crippen LogP contribution in [0.2, 0.25) is 5.02 Å². The molecule has 4 aliphatic carbocycles. The number of hydrogen-bond donors (Lipinski definition) is 2. The molecule has 4 saturated carbocycles. The Morgan fingerprint density at radius 2 is 1.89 bits per heavy atom. The van der Waals surface area contributed by atoms with E-state index >= 15 is 0 Å². The summed E-state index contributed by atoms with van der Waals surface area (Å²) in [5.74, 6) is 0.0517. The van der Waals surface area contributed by atoms with Crippen molar-refractivity contribution < 1.29 is 19.4 Å². The molecule has 0 spiro atoms. The minimum Gasteiger partial charge on any atom is -0.455 e. The third kappa shape index (κ3) is 3.47. The van der Waals surface area contributed by atoms with Gasteiger partial charge in [-0.05, 0) is 81.4 Å². The summed E-state index contributed by atoms with van der Waals surface area (Å²) in [5.41, 5.74) is 1.09. The fourth-order valence-corrected chi connectivity index (χ4v) is 6.36. The minimum absolute atomic E-state index is 0.335. The lowest BCUT2D eigenvalue weighted by molar-refractivity contribution is -0.196. The number of halogens is 1. The fraction of sp³-hybridized carbons (Fsp3) is 0.619. The van der Waals surface area contributed by atoms with Crippen molar-refractivity contribution in [2.45, 2.75) is 58.0 Å². The number of aliphatic hydroxyl groups is 1. The molecule has 0 radical (unpaired) electrons. The zero-order chi connectivity index (χ0) is 19.4. The highest BCUT2D eigenvalue weighted by Gasteiger charge is 2.60.